The fourth-order valence-electron chi connectivity index (χ4n) is 2.24. The second kappa shape index (κ2) is 8.47. The molecule has 128 valence electrons. The van der Waals surface area contributed by atoms with Gasteiger partial charge in [0.25, 0.3) is 5.91 Å². The van der Waals surface area contributed by atoms with Crippen molar-refractivity contribution < 1.29 is 19.1 Å². The van der Waals surface area contributed by atoms with Crippen LogP contribution in [-0.4, -0.2) is 28.7 Å². The molecule has 5 N–H and O–H groups in total. The first-order valence-electron chi connectivity index (χ1n) is 9.22. The first-order valence-corrected chi connectivity index (χ1v) is 7.72. The van der Waals surface area contributed by atoms with E-state index in [-0.39, 0.29) is 17.2 Å². The zero-order valence-electron chi connectivity index (χ0n) is 16.5. The number of aliphatic hydroxyl groups is 1. The van der Waals surface area contributed by atoms with Crippen LogP contribution in [0.2, 0.25) is 0 Å². The van der Waals surface area contributed by atoms with Gasteiger partial charge in [0.1, 0.15) is 5.75 Å². The zero-order chi connectivity index (χ0) is 20.2. The fraction of sp³-hybridized carbons (Fsp3) is 0.316. The Labute approximate surface area is 146 Å². The molecule has 5 heteroatoms. The maximum atomic E-state index is 11.4. The Morgan fingerprint density at radius 1 is 1.33 bits per heavy atom. The summed E-state index contributed by atoms with van der Waals surface area (Å²) in [5.41, 5.74) is 5.79. The summed E-state index contributed by atoms with van der Waals surface area (Å²) in [4.78, 5) is 11.4. The van der Waals surface area contributed by atoms with Crippen molar-refractivity contribution in [2.45, 2.75) is 31.9 Å². The number of hydrogen-bond acceptors (Lipinski definition) is 4. The highest BCUT2D eigenvalue weighted by atomic mass is 16.3. The number of aryl methyl sites for hydroxylation is 1. The van der Waals surface area contributed by atoms with E-state index in [1.807, 2.05) is 30.3 Å². The van der Waals surface area contributed by atoms with E-state index >= 15 is 0 Å². The molecule has 0 saturated carbocycles. The van der Waals surface area contributed by atoms with E-state index < -0.39 is 24.2 Å². The molecule has 0 aliphatic heterocycles. The molecule has 2 rings (SSSR count). The van der Waals surface area contributed by atoms with E-state index in [4.69, 9.17) is 9.85 Å². The number of primary amides is 1. The summed E-state index contributed by atoms with van der Waals surface area (Å²) in [6.45, 7) is -0.752. The van der Waals surface area contributed by atoms with E-state index in [9.17, 15) is 15.0 Å². The number of hydrogen-bond donors (Lipinski definition) is 4. The number of phenols is 1. The van der Waals surface area contributed by atoms with E-state index in [0.717, 1.165) is 17.7 Å². The van der Waals surface area contributed by atoms with Gasteiger partial charge < -0.3 is 21.3 Å². The van der Waals surface area contributed by atoms with Crippen molar-refractivity contribution in [3.8, 4) is 5.75 Å². The first kappa shape index (κ1) is 14.0. The Bertz CT molecular complexity index is 798. The molecule has 0 aliphatic carbocycles. The molecule has 0 fully saturated rings. The summed E-state index contributed by atoms with van der Waals surface area (Å²) in [6, 6.07) is 12.7. The fourth-order valence-corrected chi connectivity index (χ4v) is 2.24. The van der Waals surface area contributed by atoms with Crippen LogP contribution < -0.4 is 11.1 Å². The molecular weight excluding hydrogens is 304 g/mol. The van der Waals surface area contributed by atoms with Crippen LogP contribution in [0, 0.1) is 0 Å². The SMILES string of the molecule is [2H]C([2H])(N[C@H](C)CCc1ccccc1)[C@]([2H])(O)c1ccc(O)c(C(N)=O)c1. The van der Waals surface area contributed by atoms with Gasteiger partial charge in [0, 0.05) is 15.3 Å². The Morgan fingerprint density at radius 2 is 2.04 bits per heavy atom. The molecule has 0 heterocycles. The maximum Gasteiger partial charge on any atom is 0.252 e. The minimum atomic E-state index is -2.70. The molecule has 0 aliphatic rings. The second-order valence-corrected chi connectivity index (χ2v) is 5.64. The molecule has 0 radical (unpaired) electrons. The van der Waals surface area contributed by atoms with Gasteiger partial charge in [-0.3, -0.25) is 4.79 Å². The highest BCUT2D eigenvalue weighted by molar-refractivity contribution is 5.95. The van der Waals surface area contributed by atoms with Gasteiger partial charge >= 0.3 is 0 Å². The van der Waals surface area contributed by atoms with Crippen LogP contribution in [-0.2, 0) is 6.42 Å². The Hall–Kier alpha value is -2.37. The van der Waals surface area contributed by atoms with Crippen LogP contribution >= 0.6 is 0 Å². The van der Waals surface area contributed by atoms with Crippen molar-refractivity contribution in [2.24, 2.45) is 5.73 Å². The third-order valence-electron chi connectivity index (χ3n) is 3.68. The Morgan fingerprint density at radius 3 is 2.71 bits per heavy atom. The predicted octanol–water partition coefficient (Wildman–Crippen LogP) is 2.14. The summed E-state index contributed by atoms with van der Waals surface area (Å²) in [6.07, 6.45) is -1.39. The molecule has 0 bridgehead atoms. The summed E-state index contributed by atoms with van der Waals surface area (Å²) in [5.74, 6) is -1.33. The van der Waals surface area contributed by atoms with Crippen molar-refractivity contribution in [1.29, 1.82) is 0 Å². The first-order chi connectivity index (χ1) is 12.5. The molecule has 2 atom stereocenters. The summed E-state index contributed by atoms with van der Waals surface area (Å²) in [7, 11) is 0. The van der Waals surface area contributed by atoms with Gasteiger partial charge in [0.2, 0.25) is 0 Å². The lowest BCUT2D eigenvalue weighted by molar-refractivity contribution is 0.0997. The second-order valence-electron chi connectivity index (χ2n) is 5.64. The number of amides is 1. The highest BCUT2D eigenvalue weighted by Crippen LogP contribution is 2.22. The standard InChI is InChI=1S/C19H24N2O3/c1-13(7-8-14-5-3-2-4-6-14)21-12-18(23)15-9-10-17(22)16(11-15)19(20)24/h2-6,9-11,13,18,21-23H,7-8,12H2,1H3,(H2,20,24)/t13-,18+/m1/s1/i12D2,18D. The third kappa shape index (κ3) is 5.08. The van der Waals surface area contributed by atoms with E-state index in [1.165, 1.54) is 6.07 Å². The molecule has 5 nitrogen and oxygen atoms in total. The number of rotatable bonds is 8. The van der Waals surface area contributed by atoms with Crippen LogP contribution in [0.4, 0.5) is 0 Å². The lowest BCUT2D eigenvalue weighted by Gasteiger charge is -2.18. The summed E-state index contributed by atoms with van der Waals surface area (Å²) < 4.78 is 24.5. The van der Waals surface area contributed by atoms with Gasteiger partial charge in [-0.1, -0.05) is 36.4 Å². The molecule has 2 aromatic carbocycles. The molecule has 24 heavy (non-hydrogen) atoms. The van der Waals surface area contributed by atoms with Gasteiger partial charge in [-0.05, 0) is 43.0 Å². The lowest BCUT2D eigenvalue weighted by atomic mass is 10.0. The largest absolute Gasteiger partial charge is 0.507 e. The summed E-state index contributed by atoms with van der Waals surface area (Å²) >= 11 is 0. The van der Waals surface area contributed by atoms with E-state index in [0.29, 0.717) is 12.8 Å². The van der Waals surface area contributed by atoms with Crippen LogP contribution in [0.1, 0.15) is 45.0 Å². The van der Waals surface area contributed by atoms with Crippen LogP contribution in [0.25, 0.3) is 0 Å². The normalized spacial score (nSPS) is 17.2. The van der Waals surface area contributed by atoms with Gasteiger partial charge in [0.05, 0.1) is 13.0 Å². The number of aromatic hydroxyl groups is 1. The van der Waals surface area contributed by atoms with Crippen molar-refractivity contribution in [3.63, 3.8) is 0 Å². The predicted molar refractivity (Wildman–Crippen MR) is 93.8 cm³/mol. The van der Waals surface area contributed by atoms with E-state index in [1.54, 1.807) is 6.92 Å². The summed E-state index contributed by atoms with van der Waals surface area (Å²) in [5, 5.41) is 22.8. The van der Waals surface area contributed by atoms with Crippen LogP contribution in [0.15, 0.2) is 48.5 Å². The van der Waals surface area contributed by atoms with Crippen molar-refractivity contribution in [2.75, 3.05) is 6.50 Å². The number of nitrogens with one attached hydrogen (secondary N) is 1. The van der Waals surface area contributed by atoms with Gasteiger partial charge in [-0.25, -0.2) is 0 Å². The molecule has 0 aromatic heterocycles. The van der Waals surface area contributed by atoms with Crippen LogP contribution in [0.5, 0.6) is 5.75 Å². The zero-order valence-corrected chi connectivity index (χ0v) is 13.5. The quantitative estimate of drug-likeness (QED) is 0.596. The highest BCUT2D eigenvalue weighted by Gasteiger charge is 2.14. The minimum absolute atomic E-state index is 0.193. The minimum Gasteiger partial charge on any atom is -0.507 e. The third-order valence-corrected chi connectivity index (χ3v) is 3.68. The van der Waals surface area contributed by atoms with Gasteiger partial charge in [0.15, 0.2) is 0 Å². The topological polar surface area (TPSA) is 95.6 Å². The number of carbonyl (C=O) groups excluding carboxylic acids is 1. The lowest BCUT2D eigenvalue weighted by Crippen LogP contribution is -2.31. The number of carbonyl (C=O) groups is 1. The van der Waals surface area contributed by atoms with Crippen molar-refractivity contribution in [3.05, 3.63) is 65.2 Å². The average Bonchev–Trinajstić information content (AvgIpc) is 2.60. The van der Waals surface area contributed by atoms with Gasteiger partial charge in [-0.15, -0.1) is 0 Å². The molecule has 0 unspecified atom stereocenters. The molecular formula is C19H24N2O3. The molecule has 2 aromatic rings. The van der Waals surface area contributed by atoms with Gasteiger partial charge in [-0.2, -0.15) is 0 Å². The van der Waals surface area contributed by atoms with Crippen molar-refractivity contribution in [1.82, 2.24) is 5.32 Å². The van der Waals surface area contributed by atoms with Crippen LogP contribution in [0.3, 0.4) is 0 Å². The average molecular weight is 331 g/mol. The molecule has 1 amide bonds. The maximum absolute atomic E-state index is 11.4. The Balaban J connectivity index is 2.13. The molecule has 0 saturated heterocycles. The number of nitrogens with two attached hydrogens (primary N) is 1. The van der Waals surface area contributed by atoms with E-state index in [2.05, 4.69) is 5.32 Å². The monoisotopic (exact) mass is 331 g/mol. The number of benzene rings is 2. The smallest absolute Gasteiger partial charge is 0.252 e. The molecule has 0 spiro atoms. The Kier molecular flexibility index (Phi) is 4.95. The van der Waals surface area contributed by atoms with Crippen molar-refractivity contribution >= 4 is 5.91 Å².